The molecular weight excluding hydrogens is 236 g/mol. The van der Waals surface area contributed by atoms with Crippen molar-refractivity contribution in [3.05, 3.63) is 35.9 Å². The molecule has 0 saturated heterocycles. The van der Waals surface area contributed by atoms with Gasteiger partial charge in [-0.05, 0) is 32.9 Å². The number of benzene rings is 1. The molecule has 0 spiro atoms. The number of rotatable bonds is 5. The van der Waals surface area contributed by atoms with Crippen molar-refractivity contribution in [1.82, 2.24) is 10.6 Å². The molecule has 2 N–H and O–H groups in total. The van der Waals surface area contributed by atoms with Gasteiger partial charge in [-0.3, -0.25) is 4.79 Å². The summed E-state index contributed by atoms with van der Waals surface area (Å²) in [5.74, 6) is 0.0568. The summed E-state index contributed by atoms with van der Waals surface area (Å²) in [5, 5.41) is 5.96. The van der Waals surface area contributed by atoms with Crippen LogP contribution < -0.4 is 10.6 Å². The van der Waals surface area contributed by atoms with Crippen LogP contribution in [-0.2, 0) is 11.2 Å². The molecule has 0 aromatic heterocycles. The highest BCUT2D eigenvalue weighted by Crippen LogP contribution is 2.03. The topological polar surface area (TPSA) is 41.1 Å². The zero-order valence-corrected chi connectivity index (χ0v) is 11.4. The van der Waals surface area contributed by atoms with Crippen LogP contribution in [0, 0.1) is 0 Å². The Hall–Kier alpha value is -1.06. The van der Waals surface area contributed by atoms with Crippen LogP contribution in [0.15, 0.2) is 30.3 Å². The van der Waals surface area contributed by atoms with Crippen LogP contribution in [0.3, 0.4) is 0 Å². The summed E-state index contributed by atoms with van der Waals surface area (Å²) in [6, 6.07) is 10.0. The highest BCUT2D eigenvalue weighted by atomic mass is 35.5. The summed E-state index contributed by atoms with van der Waals surface area (Å²) in [6.45, 7) is 3.93. The van der Waals surface area contributed by atoms with E-state index in [1.165, 1.54) is 5.56 Å². The summed E-state index contributed by atoms with van der Waals surface area (Å²) in [7, 11) is 1.81. The first kappa shape index (κ1) is 15.9. The molecule has 1 rings (SSSR count). The van der Waals surface area contributed by atoms with Gasteiger partial charge in [-0.15, -0.1) is 12.4 Å². The van der Waals surface area contributed by atoms with Crippen molar-refractivity contribution in [2.45, 2.75) is 32.4 Å². The number of carbonyl (C=O) groups is 1. The van der Waals surface area contributed by atoms with E-state index >= 15 is 0 Å². The average molecular weight is 257 g/mol. The lowest BCUT2D eigenvalue weighted by Gasteiger charge is -2.17. The second-order valence-corrected chi connectivity index (χ2v) is 4.19. The van der Waals surface area contributed by atoms with Crippen molar-refractivity contribution in [3.63, 3.8) is 0 Å². The first-order valence-corrected chi connectivity index (χ1v) is 5.65. The lowest BCUT2D eigenvalue weighted by molar-refractivity contribution is -0.123. The minimum Gasteiger partial charge on any atom is -0.353 e. The second-order valence-electron chi connectivity index (χ2n) is 4.19. The first-order chi connectivity index (χ1) is 7.63. The van der Waals surface area contributed by atoms with E-state index in [2.05, 4.69) is 10.6 Å². The molecule has 0 unspecified atom stereocenters. The molecule has 0 saturated carbocycles. The second kappa shape index (κ2) is 8.09. The van der Waals surface area contributed by atoms with Gasteiger partial charge in [0.25, 0.3) is 0 Å². The summed E-state index contributed by atoms with van der Waals surface area (Å²) < 4.78 is 0. The minimum atomic E-state index is -0.162. The fraction of sp³-hybridized carbons (Fsp3) is 0.462. The summed E-state index contributed by atoms with van der Waals surface area (Å²) >= 11 is 0. The van der Waals surface area contributed by atoms with Gasteiger partial charge in [0, 0.05) is 6.04 Å². The first-order valence-electron chi connectivity index (χ1n) is 5.65. The Balaban J connectivity index is 0.00000256. The van der Waals surface area contributed by atoms with Gasteiger partial charge in [0.2, 0.25) is 5.91 Å². The lowest BCUT2D eigenvalue weighted by Crippen LogP contribution is -2.46. The molecular formula is C13H21ClN2O. The quantitative estimate of drug-likeness (QED) is 0.843. The molecule has 0 heterocycles. The number of carbonyl (C=O) groups excluding carboxylic acids is 1. The van der Waals surface area contributed by atoms with Gasteiger partial charge < -0.3 is 10.6 Å². The number of amides is 1. The van der Waals surface area contributed by atoms with E-state index in [0.717, 1.165) is 6.42 Å². The molecule has 0 aliphatic rings. The van der Waals surface area contributed by atoms with E-state index in [0.29, 0.717) is 0 Å². The highest BCUT2D eigenvalue weighted by molar-refractivity contribution is 5.85. The summed E-state index contributed by atoms with van der Waals surface area (Å²) in [5.41, 5.74) is 1.17. The van der Waals surface area contributed by atoms with E-state index in [-0.39, 0.29) is 30.4 Å². The molecule has 1 aromatic carbocycles. The number of nitrogens with one attached hydrogen (secondary N) is 2. The predicted molar refractivity (Wildman–Crippen MR) is 73.5 cm³/mol. The zero-order chi connectivity index (χ0) is 12.0. The molecule has 3 nitrogen and oxygen atoms in total. The van der Waals surface area contributed by atoms with Crippen LogP contribution in [0.2, 0.25) is 0 Å². The van der Waals surface area contributed by atoms with Crippen LogP contribution in [0.4, 0.5) is 0 Å². The molecule has 0 aliphatic heterocycles. The Labute approximate surface area is 109 Å². The molecule has 1 amide bonds. The van der Waals surface area contributed by atoms with Gasteiger partial charge in [0.05, 0.1) is 6.04 Å². The lowest BCUT2D eigenvalue weighted by atomic mass is 10.1. The number of likely N-dealkylation sites (N-methyl/N-ethyl adjacent to an activating group) is 1. The van der Waals surface area contributed by atoms with Gasteiger partial charge in [0.1, 0.15) is 0 Å². The van der Waals surface area contributed by atoms with Crippen molar-refractivity contribution in [2.75, 3.05) is 7.05 Å². The Morgan fingerprint density at radius 3 is 2.29 bits per heavy atom. The summed E-state index contributed by atoms with van der Waals surface area (Å²) in [4.78, 5) is 11.8. The normalized spacial score (nSPS) is 11.8. The molecule has 0 aliphatic carbocycles. The Morgan fingerprint density at radius 1 is 1.24 bits per heavy atom. The van der Waals surface area contributed by atoms with Gasteiger partial charge >= 0.3 is 0 Å². The van der Waals surface area contributed by atoms with Gasteiger partial charge in [-0.2, -0.15) is 0 Å². The molecule has 1 aromatic rings. The van der Waals surface area contributed by atoms with E-state index in [9.17, 15) is 4.79 Å². The van der Waals surface area contributed by atoms with Crippen molar-refractivity contribution in [3.8, 4) is 0 Å². The van der Waals surface area contributed by atoms with Crippen LogP contribution in [0.5, 0.6) is 0 Å². The monoisotopic (exact) mass is 256 g/mol. The van der Waals surface area contributed by atoms with E-state index < -0.39 is 0 Å². The van der Waals surface area contributed by atoms with Crippen molar-refractivity contribution < 1.29 is 4.79 Å². The van der Waals surface area contributed by atoms with E-state index in [1.807, 2.05) is 51.2 Å². The smallest absolute Gasteiger partial charge is 0.237 e. The third-order valence-corrected chi connectivity index (χ3v) is 2.38. The van der Waals surface area contributed by atoms with Crippen LogP contribution in [0.25, 0.3) is 0 Å². The maximum Gasteiger partial charge on any atom is 0.237 e. The Kier molecular flexibility index (Phi) is 7.59. The van der Waals surface area contributed by atoms with Crippen LogP contribution in [0.1, 0.15) is 19.4 Å². The molecule has 0 fully saturated rings. The number of hydrogen-bond donors (Lipinski definition) is 2. The Bertz CT molecular complexity index is 327. The number of halogens is 1. The largest absolute Gasteiger partial charge is 0.353 e. The molecule has 96 valence electrons. The van der Waals surface area contributed by atoms with Crippen molar-refractivity contribution >= 4 is 18.3 Å². The number of hydrogen-bond acceptors (Lipinski definition) is 2. The third-order valence-electron chi connectivity index (χ3n) is 2.38. The van der Waals surface area contributed by atoms with Gasteiger partial charge in [0.15, 0.2) is 0 Å². The standard InChI is InChI=1S/C13H20N2O.ClH/c1-10(2)15-13(16)12(14-3)9-11-7-5-4-6-8-11;/h4-8,10,12,14H,9H2,1-3H3,(H,15,16);1H/t12-;/m0./s1. The molecule has 17 heavy (non-hydrogen) atoms. The van der Waals surface area contributed by atoms with Crippen LogP contribution in [-0.4, -0.2) is 25.0 Å². The van der Waals surface area contributed by atoms with E-state index in [1.54, 1.807) is 0 Å². The SMILES string of the molecule is CN[C@@H](Cc1ccccc1)C(=O)NC(C)C.Cl. The maximum absolute atomic E-state index is 11.8. The Morgan fingerprint density at radius 2 is 1.82 bits per heavy atom. The third kappa shape index (κ3) is 5.71. The van der Waals surface area contributed by atoms with Crippen molar-refractivity contribution in [2.24, 2.45) is 0 Å². The minimum absolute atomic E-state index is 0. The maximum atomic E-state index is 11.8. The molecule has 4 heteroatoms. The fourth-order valence-electron chi connectivity index (χ4n) is 1.56. The van der Waals surface area contributed by atoms with E-state index in [4.69, 9.17) is 0 Å². The zero-order valence-electron chi connectivity index (χ0n) is 10.6. The molecule has 0 bridgehead atoms. The van der Waals surface area contributed by atoms with Crippen LogP contribution >= 0.6 is 12.4 Å². The predicted octanol–water partition coefficient (Wildman–Crippen LogP) is 1.76. The van der Waals surface area contributed by atoms with Crippen molar-refractivity contribution in [1.29, 1.82) is 0 Å². The fourth-order valence-corrected chi connectivity index (χ4v) is 1.56. The highest BCUT2D eigenvalue weighted by Gasteiger charge is 2.16. The molecule has 0 radical (unpaired) electrons. The summed E-state index contributed by atoms with van der Waals surface area (Å²) in [6.07, 6.45) is 0.718. The van der Waals surface area contributed by atoms with Gasteiger partial charge in [-0.25, -0.2) is 0 Å². The van der Waals surface area contributed by atoms with Gasteiger partial charge in [-0.1, -0.05) is 30.3 Å². The average Bonchev–Trinajstić information content (AvgIpc) is 2.26. The molecule has 1 atom stereocenters.